The van der Waals surface area contributed by atoms with Crippen molar-refractivity contribution in [3.63, 3.8) is 0 Å². The van der Waals surface area contributed by atoms with Crippen LogP contribution in [0.4, 0.5) is 4.39 Å². The second kappa shape index (κ2) is 6.55. The lowest BCUT2D eigenvalue weighted by Crippen LogP contribution is -2.38. The molecule has 4 rings (SSSR count). The number of likely N-dealkylation sites (tertiary alicyclic amines) is 1. The van der Waals surface area contributed by atoms with E-state index in [1.807, 2.05) is 24.3 Å². The summed E-state index contributed by atoms with van der Waals surface area (Å²) in [6.45, 7) is 1.25. The number of fused-ring (bicyclic) bond motifs is 1. The van der Waals surface area contributed by atoms with Crippen molar-refractivity contribution in [2.24, 2.45) is 0 Å². The van der Waals surface area contributed by atoms with E-state index < -0.39 is 5.82 Å². The summed E-state index contributed by atoms with van der Waals surface area (Å²) in [5, 5.41) is 1.03. The topological polar surface area (TPSA) is 59.0 Å². The van der Waals surface area contributed by atoms with Crippen LogP contribution in [0.1, 0.15) is 34.8 Å². The number of hydrogen-bond donors (Lipinski definition) is 0. The number of halogens is 1. The zero-order valence-electron chi connectivity index (χ0n) is 13.6. The normalized spacial score (nSPS) is 15.5. The van der Waals surface area contributed by atoms with Crippen molar-refractivity contribution < 1.29 is 9.18 Å². The molecule has 5 nitrogen and oxygen atoms in total. The molecule has 0 aliphatic carbocycles. The third-order valence-corrected chi connectivity index (χ3v) is 4.64. The molecule has 0 bridgehead atoms. The SMILES string of the molecule is O=C(c1cncc(F)c1)N1CCC(c2ccc3cccnc3n2)CC1. The van der Waals surface area contributed by atoms with Gasteiger partial charge >= 0.3 is 0 Å². The summed E-state index contributed by atoms with van der Waals surface area (Å²) in [5.41, 5.74) is 2.07. The third-order valence-electron chi connectivity index (χ3n) is 4.64. The van der Waals surface area contributed by atoms with Gasteiger partial charge in [0, 0.05) is 42.5 Å². The highest BCUT2D eigenvalue weighted by molar-refractivity contribution is 5.94. The van der Waals surface area contributed by atoms with E-state index in [4.69, 9.17) is 0 Å². The molecule has 0 radical (unpaired) electrons. The molecule has 3 aromatic rings. The van der Waals surface area contributed by atoms with E-state index in [-0.39, 0.29) is 5.91 Å². The first-order chi connectivity index (χ1) is 12.2. The van der Waals surface area contributed by atoms with Crippen molar-refractivity contribution in [1.29, 1.82) is 0 Å². The highest BCUT2D eigenvalue weighted by atomic mass is 19.1. The minimum Gasteiger partial charge on any atom is -0.339 e. The summed E-state index contributed by atoms with van der Waals surface area (Å²) in [6, 6.07) is 9.21. The molecule has 25 heavy (non-hydrogen) atoms. The van der Waals surface area contributed by atoms with Crippen LogP contribution in [0, 0.1) is 5.82 Å². The van der Waals surface area contributed by atoms with Gasteiger partial charge in [0.05, 0.1) is 11.8 Å². The summed E-state index contributed by atoms with van der Waals surface area (Å²) in [4.78, 5) is 26.9. The number of aromatic nitrogens is 3. The Kier molecular flexibility index (Phi) is 4.09. The Balaban J connectivity index is 1.46. The number of carbonyl (C=O) groups excluding carboxylic acids is 1. The lowest BCUT2D eigenvalue weighted by molar-refractivity contribution is 0.0711. The number of pyridine rings is 3. The first-order valence-electron chi connectivity index (χ1n) is 8.32. The Morgan fingerprint density at radius 3 is 2.80 bits per heavy atom. The largest absolute Gasteiger partial charge is 0.339 e. The van der Waals surface area contributed by atoms with Crippen LogP contribution in [0.25, 0.3) is 11.0 Å². The molecule has 0 N–H and O–H groups in total. The molecule has 1 amide bonds. The quantitative estimate of drug-likeness (QED) is 0.721. The number of hydrogen-bond acceptors (Lipinski definition) is 4. The maximum absolute atomic E-state index is 13.3. The van der Waals surface area contributed by atoms with Crippen LogP contribution in [0.15, 0.2) is 48.9 Å². The summed E-state index contributed by atoms with van der Waals surface area (Å²) in [7, 11) is 0. The van der Waals surface area contributed by atoms with Gasteiger partial charge in [0.1, 0.15) is 5.82 Å². The van der Waals surface area contributed by atoms with Gasteiger partial charge < -0.3 is 4.90 Å². The molecule has 4 heterocycles. The average molecular weight is 336 g/mol. The molecule has 0 aromatic carbocycles. The second-order valence-electron chi connectivity index (χ2n) is 6.24. The number of nitrogens with zero attached hydrogens (tertiary/aromatic N) is 4. The number of amides is 1. The van der Waals surface area contributed by atoms with E-state index in [1.54, 1.807) is 11.1 Å². The molecular weight excluding hydrogens is 319 g/mol. The van der Waals surface area contributed by atoms with Crippen molar-refractivity contribution in [1.82, 2.24) is 19.9 Å². The van der Waals surface area contributed by atoms with Gasteiger partial charge in [-0.05, 0) is 43.2 Å². The minimum atomic E-state index is -0.492. The number of carbonyl (C=O) groups is 1. The molecular formula is C19H17FN4O. The van der Waals surface area contributed by atoms with Crippen molar-refractivity contribution >= 4 is 16.9 Å². The molecule has 126 valence electrons. The Morgan fingerprint density at radius 1 is 1.16 bits per heavy atom. The van der Waals surface area contributed by atoms with Gasteiger partial charge in [-0.25, -0.2) is 14.4 Å². The highest BCUT2D eigenvalue weighted by Gasteiger charge is 2.25. The van der Waals surface area contributed by atoms with Crippen molar-refractivity contribution in [3.05, 3.63) is 66.0 Å². The monoisotopic (exact) mass is 336 g/mol. The van der Waals surface area contributed by atoms with E-state index in [0.717, 1.165) is 35.8 Å². The van der Waals surface area contributed by atoms with Gasteiger partial charge in [0.25, 0.3) is 5.91 Å². The van der Waals surface area contributed by atoms with Crippen LogP contribution in [-0.4, -0.2) is 38.8 Å². The minimum absolute atomic E-state index is 0.168. The molecule has 6 heteroatoms. The Morgan fingerprint density at radius 2 is 2.00 bits per heavy atom. The Bertz CT molecular complexity index is 922. The molecule has 1 saturated heterocycles. The van der Waals surface area contributed by atoms with Crippen molar-refractivity contribution in [2.45, 2.75) is 18.8 Å². The maximum atomic E-state index is 13.3. The summed E-state index contributed by atoms with van der Waals surface area (Å²) in [5.74, 6) is -0.353. The van der Waals surface area contributed by atoms with Crippen molar-refractivity contribution in [3.8, 4) is 0 Å². The van der Waals surface area contributed by atoms with E-state index >= 15 is 0 Å². The van der Waals surface area contributed by atoms with Gasteiger partial charge in [0.15, 0.2) is 5.65 Å². The average Bonchev–Trinajstić information content (AvgIpc) is 2.67. The van der Waals surface area contributed by atoms with Crippen molar-refractivity contribution in [2.75, 3.05) is 13.1 Å². The van der Waals surface area contributed by atoms with Crippen LogP contribution in [0.3, 0.4) is 0 Å². The van der Waals surface area contributed by atoms with Crippen LogP contribution in [-0.2, 0) is 0 Å². The predicted octanol–water partition coefficient (Wildman–Crippen LogP) is 3.18. The number of rotatable bonds is 2. The first-order valence-corrected chi connectivity index (χ1v) is 8.32. The fourth-order valence-corrected chi connectivity index (χ4v) is 3.28. The Labute approximate surface area is 144 Å². The molecule has 0 unspecified atom stereocenters. The summed E-state index contributed by atoms with van der Waals surface area (Å²) < 4.78 is 13.3. The molecule has 1 aliphatic rings. The summed E-state index contributed by atoms with van der Waals surface area (Å²) >= 11 is 0. The van der Waals surface area contributed by atoms with Crippen LogP contribution >= 0.6 is 0 Å². The molecule has 3 aromatic heterocycles. The molecule has 1 aliphatic heterocycles. The molecule has 0 atom stereocenters. The van der Waals surface area contributed by atoms with E-state index in [2.05, 4.69) is 15.0 Å². The van der Waals surface area contributed by atoms with Gasteiger partial charge in [-0.3, -0.25) is 9.78 Å². The van der Waals surface area contributed by atoms with E-state index in [1.165, 1.54) is 12.3 Å². The lowest BCUT2D eigenvalue weighted by Gasteiger charge is -2.31. The second-order valence-corrected chi connectivity index (χ2v) is 6.24. The lowest BCUT2D eigenvalue weighted by atomic mass is 9.92. The van der Waals surface area contributed by atoms with Crippen LogP contribution in [0.2, 0.25) is 0 Å². The predicted molar refractivity (Wildman–Crippen MR) is 91.6 cm³/mol. The van der Waals surface area contributed by atoms with Gasteiger partial charge in [-0.1, -0.05) is 0 Å². The molecule has 0 saturated carbocycles. The third kappa shape index (κ3) is 3.20. The van der Waals surface area contributed by atoms with Gasteiger partial charge in [0.2, 0.25) is 0 Å². The van der Waals surface area contributed by atoms with E-state index in [9.17, 15) is 9.18 Å². The smallest absolute Gasteiger partial charge is 0.255 e. The van der Waals surface area contributed by atoms with Gasteiger partial charge in [-0.2, -0.15) is 0 Å². The fraction of sp³-hybridized carbons (Fsp3) is 0.263. The zero-order chi connectivity index (χ0) is 17.2. The molecule has 0 spiro atoms. The van der Waals surface area contributed by atoms with Crippen LogP contribution in [0.5, 0.6) is 0 Å². The number of piperidine rings is 1. The Hall–Kier alpha value is -2.89. The van der Waals surface area contributed by atoms with E-state index in [0.29, 0.717) is 24.6 Å². The molecule has 1 fully saturated rings. The summed E-state index contributed by atoms with van der Waals surface area (Å²) in [6.07, 6.45) is 5.92. The highest BCUT2D eigenvalue weighted by Crippen LogP contribution is 2.28. The standard InChI is InChI=1S/C19H17FN4O/c20-16-10-15(11-21-12-16)19(25)24-8-5-13(6-9-24)17-4-3-14-2-1-7-22-18(14)23-17/h1-4,7,10-13H,5-6,8-9H2. The van der Waals surface area contributed by atoms with Gasteiger partial charge in [-0.15, -0.1) is 0 Å². The zero-order valence-corrected chi connectivity index (χ0v) is 13.6. The fourth-order valence-electron chi connectivity index (χ4n) is 3.28. The first kappa shape index (κ1) is 15.6. The maximum Gasteiger partial charge on any atom is 0.255 e. The van der Waals surface area contributed by atoms with Crippen LogP contribution < -0.4 is 0 Å².